The van der Waals surface area contributed by atoms with Gasteiger partial charge >= 0.3 is 0 Å². The Labute approximate surface area is 146 Å². The molecule has 0 spiro atoms. The normalized spacial score (nSPS) is 12.9. The quantitative estimate of drug-likeness (QED) is 0.785. The first-order valence-corrected chi connectivity index (χ1v) is 8.32. The zero-order valence-electron chi connectivity index (χ0n) is 14.6. The van der Waals surface area contributed by atoms with Gasteiger partial charge in [-0.2, -0.15) is 0 Å². The summed E-state index contributed by atoms with van der Waals surface area (Å²) >= 11 is 0. The van der Waals surface area contributed by atoms with Crippen LogP contribution in [0.3, 0.4) is 0 Å². The zero-order chi connectivity index (χ0) is 17.4. The number of aromatic nitrogens is 3. The molecule has 6 heteroatoms. The number of anilines is 2. The highest BCUT2D eigenvalue weighted by molar-refractivity contribution is 5.87. The average Bonchev–Trinajstić information content (AvgIpc) is 3.10. The van der Waals surface area contributed by atoms with Crippen molar-refractivity contribution in [2.24, 2.45) is 0 Å². The van der Waals surface area contributed by atoms with Crippen molar-refractivity contribution >= 4 is 22.5 Å². The maximum Gasteiger partial charge on any atom is 0.162 e. The van der Waals surface area contributed by atoms with Crippen LogP contribution < -0.4 is 14.8 Å². The van der Waals surface area contributed by atoms with Gasteiger partial charge in [0.15, 0.2) is 11.5 Å². The number of aryl methyl sites for hydroxylation is 2. The summed E-state index contributed by atoms with van der Waals surface area (Å²) in [6.45, 7) is 2.06. The van der Waals surface area contributed by atoms with E-state index in [1.807, 2.05) is 18.2 Å². The van der Waals surface area contributed by atoms with Gasteiger partial charge in [-0.05, 0) is 43.9 Å². The van der Waals surface area contributed by atoms with Gasteiger partial charge in [0.05, 0.1) is 19.7 Å². The van der Waals surface area contributed by atoms with Crippen LogP contribution >= 0.6 is 0 Å². The van der Waals surface area contributed by atoms with Crippen LogP contribution in [0, 0.1) is 6.92 Å². The molecule has 0 unspecified atom stereocenters. The van der Waals surface area contributed by atoms with E-state index in [1.165, 1.54) is 5.56 Å². The van der Waals surface area contributed by atoms with Gasteiger partial charge < -0.3 is 14.8 Å². The van der Waals surface area contributed by atoms with E-state index >= 15 is 0 Å². The number of nitrogens with one attached hydrogen (secondary N) is 1. The number of pyridine rings is 1. The number of nitrogens with zero attached hydrogens (tertiary/aromatic N) is 3. The molecule has 0 radical (unpaired) electrons. The first kappa shape index (κ1) is 15.6. The number of benzene rings is 1. The van der Waals surface area contributed by atoms with E-state index < -0.39 is 0 Å². The van der Waals surface area contributed by atoms with Crippen molar-refractivity contribution in [1.82, 2.24) is 15.0 Å². The Bertz CT molecular complexity index is 956. The number of rotatable bonds is 4. The van der Waals surface area contributed by atoms with E-state index in [4.69, 9.17) is 14.5 Å². The van der Waals surface area contributed by atoms with Crippen LogP contribution in [-0.4, -0.2) is 29.2 Å². The first-order valence-electron chi connectivity index (χ1n) is 8.32. The lowest BCUT2D eigenvalue weighted by atomic mass is 10.1. The fraction of sp³-hybridized carbons (Fsp3) is 0.316. The highest BCUT2D eigenvalue weighted by Crippen LogP contribution is 2.34. The highest BCUT2D eigenvalue weighted by atomic mass is 16.5. The fourth-order valence-corrected chi connectivity index (χ4v) is 3.37. The number of methoxy groups -OCH3 is 2. The topological polar surface area (TPSA) is 69.2 Å². The fourth-order valence-electron chi connectivity index (χ4n) is 3.37. The smallest absolute Gasteiger partial charge is 0.162 e. The zero-order valence-corrected chi connectivity index (χ0v) is 14.6. The van der Waals surface area contributed by atoms with Crippen molar-refractivity contribution in [1.29, 1.82) is 0 Å². The molecule has 1 N–H and O–H groups in total. The predicted octanol–water partition coefficient (Wildman–Crippen LogP) is 3.58. The van der Waals surface area contributed by atoms with Crippen molar-refractivity contribution < 1.29 is 9.47 Å². The number of hydrogen-bond acceptors (Lipinski definition) is 6. The Morgan fingerprint density at radius 1 is 1.00 bits per heavy atom. The van der Waals surface area contributed by atoms with E-state index in [0.29, 0.717) is 11.5 Å². The Hall–Kier alpha value is -2.89. The molecule has 0 fully saturated rings. The number of fused-ring (bicyclic) bond motifs is 2. The van der Waals surface area contributed by atoms with E-state index in [0.717, 1.165) is 53.1 Å². The van der Waals surface area contributed by atoms with Gasteiger partial charge in [-0.25, -0.2) is 15.0 Å². The second kappa shape index (κ2) is 6.20. The van der Waals surface area contributed by atoms with Gasteiger partial charge in [0.2, 0.25) is 0 Å². The first-order chi connectivity index (χ1) is 12.2. The maximum atomic E-state index is 5.40. The van der Waals surface area contributed by atoms with Gasteiger partial charge in [-0.15, -0.1) is 0 Å². The van der Waals surface area contributed by atoms with Crippen molar-refractivity contribution in [3.05, 3.63) is 41.3 Å². The van der Waals surface area contributed by atoms with Crippen LogP contribution in [-0.2, 0) is 12.8 Å². The third-order valence-electron chi connectivity index (χ3n) is 4.64. The van der Waals surface area contributed by atoms with Crippen LogP contribution in [0.5, 0.6) is 11.5 Å². The second-order valence-corrected chi connectivity index (χ2v) is 6.17. The molecule has 0 bridgehead atoms. The van der Waals surface area contributed by atoms with Gasteiger partial charge in [-0.1, -0.05) is 0 Å². The van der Waals surface area contributed by atoms with Gasteiger partial charge in [0, 0.05) is 22.7 Å². The lowest BCUT2D eigenvalue weighted by Crippen LogP contribution is -2.03. The highest BCUT2D eigenvalue weighted by Gasteiger charge is 2.18. The standard InChI is InChI=1S/C19H20N4O2/c1-11-7-18(23-19-12-5-4-6-14(12)20-10-21-19)22-15-9-17(25-3)16(24-2)8-13(11)15/h7-10H,4-6H2,1-3H3,(H,20,21,22,23). The molecule has 0 atom stereocenters. The van der Waals surface area contributed by atoms with Crippen LogP contribution in [0.15, 0.2) is 24.5 Å². The number of hydrogen-bond donors (Lipinski definition) is 1. The van der Waals surface area contributed by atoms with E-state index in [2.05, 4.69) is 22.2 Å². The SMILES string of the molecule is COc1cc2nc(Nc3ncnc4c3CCC4)cc(C)c2cc1OC. The Balaban J connectivity index is 1.77. The summed E-state index contributed by atoms with van der Waals surface area (Å²) in [5.74, 6) is 3.00. The predicted molar refractivity (Wildman–Crippen MR) is 96.9 cm³/mol. The summed E-state index contributed by atoms with van der Waals surface area (Å²) < 4.78 is 10.8. The summed E-state index contributed by atoms with van der Waals surface area (Å²) in [5, 5.41) is 4.41. The third kappa shape index (κ3) is 2.73. The van der Waals surface area contributed by atoms with Crippen molar-refractivity contribution in [3.8, 4) is 11.5 Å². The monoisotopic (exact) mass is 336 g/mol. The Morgan fingerprint density at radius 2 is 1.80 bits per heavy atom. The molecule has 128 valence electrons. The van der Waals surface area contributed by atoms with Gasteiger partial charge in [0.25, 0.3) is 0 Å². The summed E-state index contributed by atoms with van der Waals surface area (Å²) in [4.78, 5) is 13.5. The molecule has 1 aliphatic carbocycles. The molecular weight excluding hydrogens is 316 g/mol. The molecule has 25 heavy (non-hydrogen) atoms. The summed E-state index contributed by atoms with van der Waals surface area (Å²) in [5.41, 5.74) is 4.31. The minimum absolute atomic E-state index is 0.668. The minimum atomic E-state index is 0.668. The molecule has 1 aromatic carbocycles. The molecule has 4 rings (SSSR count). The summed E-state index contributed by atoms with van der Waals surface area (Å²) in [6.07, 6.45) is 4.78. The maximum absolute atomic E-state index is 5.40. The molecular formula is C19H20N4O2. The lowest BCUT2D eigenvalue weighted by molar-refractivity contribution is 0.356. The van der Waals surface area contributed by atoms with E-state index in [1.54, 1.807) is 20.5 Å². The summed E-state index contributed by atoms with van der Waals surface area (Å²) in [6, 6.07) is 5.89. The van der Waals surface area contributed by atoms with Gasteiger partial charge in [0.1, 0.15) is 18.0 Å². The van der Waals surface area contributed by atoms with Crippen molar-refractivity contribution in [2.45, 2.75) is 26.2 Å². The van der Waals surface area contributed by atoms with E-state index in [-0.39, 0.29) is 0 Å². The van der Waals surface area contributed by atoms with Crippen LogP contribution in [0.1, 0.15) is 23.2 Å². The van der Waals surface area contributed by atoms with E-state index in [9.17, 15) is 0 Å². The molecule has 3 aromatic rings. The third-order valence-corrected chi connectivity index (χ3v) is 4.64. The molecule has 2 aromatic heterocycles. The molecule has 0 amide bonds. The second-order valence-electron chi connectivity index (χ2n) is 6.17. The van der Waals surface area contributed by atoms with Gasteiger partial charge in [-0.3, -0.25) is 0 Å². The largest absolute Gasteiger partial charge is 0.493 e. The Morgan fingerprint density at radius 3 is 2.60 bits per heavy atom. The van der Waals surface area contributed by atoms with Crippen LogP contribution in [0.25, 0.3) is 10.9 Å². The average molecular weight is 336 g/mol. The van der Waals surface area contributed by atoms with Crippen molar-refractivity contribution in [3.63, 3.8) is 0 Å². The minimum Gasteiger partial charge on any atom is -0.493 e. The molecule has 6 nitrogen and oxygen atoms in total. The lowest BCUT2D eigenvalue weighted by Gasteiger charge is -2.13. The van der Waals surface area contributed by atoms with Crippen LogP contribution in [0.4, 0.5) is 11.6 Å². The molecule has 1 aliphatic rings. The van der Waals surface area contributed by atoms with Crippen LogP contribution in [0.2, 0.25) is 0 Å². The molecule has 0 aliphatic heterocycles. The molecule has 0 saturated carbocycles. The molecule has 2 heterocycles. The summed E-state index contributed by atoms with van der Waals surface area (Å²) in [7, 11) is 3.26. The number of ether oxygens (including phenoxy) is 2. The van der Waals surface area contributed by atoms with Crippen molar-refractivity contribution in [2.75, 3.05) is 19.5 Å². The Kier molecular flexibility index (Phi) is 3.87. The molecule has 0 saturated heterocycles.